The summed E-state index contributed by atoms with van der Waals surface area (Å²) in [7, 11) is 1.60. The first-order valence-corrected chi connectivity index (χ1v) is 13.6. The number of piperidine rings is 1. The number of benzene rings is 2. The average Bonchev–Trinajstić information content (AvgIpc) is 3.48. The molecule has 0 unspecified atom stereocenters. The number of amides is 1. The van der Waals surface area contributed by atoms with Gasteiger partial charge in [-0.05, 0) is 32.1 Å². The van der Waals surface area contributed by atoms with E-state index >= 15 is 0 Å². The number of aromatic nitrogens is 3. The highest BCUT2D eigenvalue weighted by molar-refractivity contribution is 7.13. The number of rotatable bonds is 8. The minimum absolute atomic E-state index is 0.0612. The number of methoxy groups -OCH3 is 1. The van der Waals surface area contributed by atoms with Crippen molar-refractivity contribution in [2.45, 2.75) is 38.4 Å². The molecule has 2 aromatic carbocycles. The SMILES string of the molecule is C=CC(=O)N1CCC(Oc2cc3c(Nc4cc(-c5nccs5)ccc4C(C)(C)O)ncnc3cc2OC)CC1. The summed E-state index contributed by atoms with van der Waals surface area (Å²) in [5, 5.41) is 17.9. The van der Waals surface area contributed by atoms with E-state index in [2.05, 4.69) is 26.8 Å². The number of likely N-dealkylation sites (tertiary alicyclic amines) is 1. The molecule has 5 rings (SSSR count). The number of thiazole rings is 1. The number of hydrogen-bond donors (Lipinski definition) is 2. The molecule has 1 fully saturated rings. The summed E-state index contributed by atoms with van der Waals surface area (Å²) in [6.45, 7) is 8.29. The minimum atomic E-state index is -1.09. The summed E-state index contributed by atoms with van der Waals surface area (Å²) in [5.74, 6) is 1.66. The zero-order valence-corrected chi connectivity index (χ0v) is 23.0. The molecular formula is C29H31N5O4S. The quantitative estimate of drug-likeness (QED) is 0.288. The summed E-state index contributed by atoms with van der Waals surface area (Å²) in [4.78, 5) is 27.1. The van der Waals surface area contributed by atoms with Crippen LogP contribution in [0, 0.1) is 0 Å². The number of nitrogens with zero attached hydrogens (tertiary/aromatic N) is 4. The van der Waals surface area contributed by atoms with Crippen molar-refractivity contribution < 1.29 is 19.4 Å². The molecule has 2 aromatic heterocycles. The maximum atomic E-state index is 11.9. The predicted molar refractivity (Wildman–Crippen MR) is 153 cm³/mol. The molecule has 0 radical (unpaired) electrons. The summed E-state index contributed by atoms with van der Waals surface area (Å²) < 4.78 is 12.0. The number of fused-ring (bicyclic) bond motifs is 1. The fourth-order valence-corrected chi connectivity index (χ4v) is 5.36. The van der Waals surface area contributed by atoms with Crippen LogP contribution >= 0.6 is 11.3 Å². The summed E-state index contributed by atoms with van der Waals surface area (Å²) >= 11 is 1.55. The molecule has 0 bridgehead atoms. The summed E-state index contributed by atoms with van der Waals surface area (Å²) in [6, 6.07) is 9.55. The van der Waals surface area contributed by atoms with Crippen molar-refractivity contribution >= 4 is 39.7 Å². The number of carbonyl (C=O) groups is 1. The van der Waals surface area contributed by atoms with Crippen molar-refractivity contribution in [1.29, 1.82) is 0 Å². The van der Waals surface area contributed by atoms with E-state index in [4.69, 9.17) is 9.47 Å². The molecule has 1 aliphatic heterocycles. The van der Waals surface area contributed by atoms with Gasteiger partial charge < -0.3 is 24.8 Å². The van der Waals surface area contributed by atoms with E-state index in [-0.39, 0.29) is 12.0 Å². The van der Waals surface area contributed by atoms with Crippen LogP contribution in [-0.4, -0.2) is 57.2 Å². The molecule has 10 heteroatoms. The first kappa shape index (κ1) is 26.6. The van der Waals surface area contributed by atoms with Gasteiger partial charge in [0.1, 0.15) is 23.3 Å². The Labute approximate surface area is 231 Å². The maximum Gasteiger partial charge on any atom is 0.245 e. The molecule has 3 heterocycles. The lowest BCUT2D eigenvalue weighted by Gasteiger charge is -2.31. The highest BCUT2D eigenvalue weighted by atomic mass is 32.1. The molecule has 1 amide bonds. The Morgan fingerprint density at radius 1 is 1.18 bits per heavy atom. The number of anilines is 2. The monoisotopic (exact) mass is 545 g/mol. The molecule has 0 spiro atoms. The normalized spacial score (nSPS) is 14.3. The topological polar surface area (TPSA) is 110 Å². The minimum Gasteiger partial charge on any atom is -0.493 e. The van der Waals surface area contributed by atoms with E-state index in [1.807, 2.05) is 35.7 Å². The number of nitrogens with one attached hydrogen (secondary N) is 1. The molecule has 1 saturated heterocycles. The lowest BCUT2D eigenvalue weighted by molar-refractivity contribution is -0.127. The number of ether oxygens (including phenoxy) is 2. The van der Waals surface area contributed by atoms with Gasteiger partial charge in [0.15, 0.2) is 11.5 Å². The maximum absolute atomic E-state index is 11.9. The predicted octanol–water partition coefficient (Wildman–Crippen LogP) is 5.29. The molecule has 0 aliphatic carbocycles. The molecule has 2 N–H and O–H groups in total. The highest BCUT2D eigenvalue weighted by Gasteiger charge is 2.25. The molecule has 39 heavy (non-hydrogen) atoms. The smallest absolute Gasteiger partial charge is 0.245 e. The van der Waals surface area contributed by atoms with E-state index in [1.165, 1.54) is 12.4 Å². The van der Waals surface area contributed by atoms with Gasteiger partial charge in [0.2, 0.25) is 5.91 Å². The van der Waals surface area contributed by atoms with E-state index in [1.54, 1.807) is 43.4 Å². The fourth-order valence-electron chi connectivity index (χ4n) is 4.73. The molecule has 1 aliphatic rings. The Morgan fingerprint density at radius 3 is 2.64 bits per heavy atom. The van der Waals surface area contributed by atoms with Crippen LogP contribution in [0.3, 0.4) is 0 Å². The van der Waals surface area contributed by atoms with Crippen LogP contribution in [0.1, 0.15) is 32.3 Å². The highest BCUT2D eigenvalue weighted by Crippen LogP contribution is 2.38. The third-order valence-corrected chi connectivity index (χ3v) is 7.58. The van der Waals surface area contributed by atoms with Gasteiger partial charge in [-0.3, -0.25) is 4.79 Å². The molecule has 9 nitrogen and oxygen atoms in total. The zero-order valence-electron chi connectivity index (χ0n) is 22.2. The molecular weight excluding hydrogens is 514 g/mol. The van der Waals surface area contributed by atoms with E-state index in [0.717, 1.165) is 21.5 Å². The largest absolute Gasteiger partial charge is 0.493 e. The van der Waals surface area contributed by atoms with Crippen LogP contribution in [0.4, 0.5) is 11.5 Å². The number of carbonyl (C=O) groups excluding carboxylic acids is 1. The van der Waals surface area contributed by atoms with Crippen LogP contribution in [0.2, 0.25) is 0 Å². The first-order chi connectivity index (χ1) is 18.8. The Morgan fingerprint density at radius 2 is 1.97 bits per heavy atom. The molecule has 202 valence electrons. The lowest BCUT2D eigenvalue weighted by atomic mass is 9.95. The standard InChI is InChI=1S/C29H31N5O4S/c1-5-26(35)34-11-8-19(9-12-34)38-25-15-20-22(16-24(25)37-4)31-17-32-27(20)33-23-14-18(28-30-10-13-39-28)6-7-21(23)29(2,3)36/h5-7,10,13-17,19,36H,1,8-9,11-12H2,2-4H3,(H,31,32,33). The Bertz CT molecular complexity index is 1490. The number of aliphatic hydroxyl groups is 1. The molecule has 0 saturated carbocycles. The third-order valence-electron chi connectivity index (χ3n) is 6.75. The summed E-state index contributed by atoms with van der Waals surface area (Å²) in [6.07, 6.45) is 5.95. The van der Waals surface area contributed by atoms with Gasteiger partial charge in [0.25, 0.3) is 0 Å². The second-order valence-corrected chi connectivity index (χ2v) is 10.8. The van der Waals surface area contributed by atoms with Crippen molar-refractivity contribution in [1.82, 2.24) is 19.9 Å². The van der Waals surface area contributed by atoms with Crippen LogP contribution in [0.5, 0.6) is 11.5 Å². The lowest BCUT2D eigenvalue weighted by Crippen LogP contribution is -2.41. The van der Waals surface area contributed by atoms with Crippen molar-refractivity contribution in [2.75, 3.05) is 25.5 Å². The Hall–Kier alpha value is -4.02. The van der Waals surface area contributed by atoms with Gasteiger partial charge in [-0.2, -0.15) is 0 Å². The molecule has 4 aromatic rings. The second-order valence-electron chi connectivity index (χ2n) is 9.87. The number of hydrogen-bond acceptors (Lipinski definition) is 9. The first-order valence-electron chi connectivity index (χ1n) is 12.7. The van der Waals surface area contributed by atoms with Gasteiger partial charge in [0, 0.05) is 65.8 Å². The Balaban J connectivity index is 1.49. The third kappa shape index (κ3) is 5.71. The van der Waals surface area contributed by atoms with Gasteiger partial charge in [-0.15, -0.1) is 11.3 Å². The van der Waals surface area contributed by atoms with Gasteiger partial charge >= 0.3 is 0 Å². The molecule has 0 atom stereocenters. The van der Waals surface area contributed by atoms with Crippen molar-refractivity contribution in [3.63, 3.8) is 0 Å². The van der Waals surface area contributed by atoms with E-state index < -0.39 is 5.60 Å². The van der Waals surface area contributed by atoms with Crippen molar-refractivity contribution in [2.24, 2.45) is 0 Å². The van der Waals surface area contributed by atoms with E-state index in [9.17, 15) is 9.90 Å². The van der Waals surface area contributed by atoms with Crippen LogP contribution in [0.25, 0.3) is 21.5 Å². The second kappa shape index (κ2) is 11.0. The van der Waals surface area contributed by atoms with Crippen LogP contribution in [-0.2, 0) is 10.4 Å². The van der Waals surface area contributed by atoms with Crippen molar-refractivity contribution in [3.05, 3.63) is 66.5 Å². The summed E-state index contributed by atoms with van der Waals surface area (Å²) in [5.41, 5.74) is 1.97. The Kier molecular flexibility index (Phi) is 7.49. The van der Waals surface area contributed by atoms with Crippen molar-refractivity contribution in [3.8, 4) is 22.1 Å². The van der Waals surface area contributed by atoms with Crippen LogP contribution < -0.4 is 14.8 Å². The van der Waals surface area contributed by atoms with Crippen LogP contribution in [0.15, 0.2) is 60.9 Å². The van der Waals surface area contributed by atoms with Gasteiger partial charge in [0.05, 0.1) is 18.2 Å². The zero-order chi connectivity index (χ0) is 27.6. The van der Waals surface area contributed by atoms with Gasteiger partial charge in [-0.1, -0.05) is 18.7 Å². The van der Waals surface area contributed by atoms with Gasteiger partial charge in [-0.25, -0.2) is 15.0 Å². The average molecular weight is 546 g/mol. The fraction of sp³-hybridized carbons (Fsp3) is 0.310. The van der Waals surface area contributed by atoms with E-state index in [0.29, 0.717) is 54.5 Å².